The van der Waals surface area contributed by atoms with E-state index < -0.39 is 0 Å². The minimum absolute atomic E-state index is 0.598. The molecule has 14 aromatic carbocycles. The van der Waals surface area contributed by atoms with Crippen LogP contribution < -0.4 is 0 Å². The molecule has 0 radical (unpaired) electrons. The number of hydrogen-bond acceptors (Lipinski definition) is 8. The molecule has 10 heteroatoms. The van der Waals surface area contributed by atoms with Crippen LogP contribution in [0.25, 0.3) is 177 Å². The van der Waals surface area contributed by atoms with Gasteiger partial charge in [-0.05, 0) is 130 Å². The number of aromatic nitrogens is 8. The Bertz CT molecular complexity index is 6440. The number of para-hydroxylation sites is 1. The molecule has 0 bridgehead atoms. The van der Waals surface area contributed by atoms with E-state index in [2.05, 4.69) is 209 Å². The van der Waals surface area contributed by atoms with Gasteiger partial charge in [0.15, 0.2) is 34.9 Å². The van der Waals surface area contributed by atoms with Gasteiger partial charge < -0.3 is 9.13 Å². The zero-order valence-corrected chi connectivity index (χ0v) is 55.7. The summed E-state index contributed by atoms with van der Waals surface area (Å²) in [4.78, 5) is 29.8. The van der Waals surface area contributed by atoms with Gasteiger partial charge in [0, 0.05) is 86.5 Å². The first kappa shape index (κ1) is 59.7. The van der Waals surface area contributed by atoms with Crippen molar-refractivity contribution in [2.75, 3.05) is 0 Å². The summed E-state index contributed by atoms with van der Waals surface area (Å²) in [6.45, 7) is 0. The van der Waals surface area contributed by atoms with Gasteiger partial charge in [-0.3, -0.25) is 0 Å². The van der Waals surface area contributed by atoms with Gasteiger partial charge in [0.05, 0.1) is 33.7 Å². The van der Waals surface area contributed by atoms with E-state index in [1.807, 2.05) is 151 Å². The highest BCUT2D eigenvalue weighted by Crippen LogP contribution is 2.46. The molecule has 0 fully saturated rings. The molecule has 0 spiro atoms. The first-order valence-electron chi connectivity index (χ1n) is 34.1. The molecule has 0 N–H and O–H groups in total. The van der Waals surface area contributed by atoms with Crippen molar-refractivity contribution in [2.45, 2.75) is 6.42 Å². The van der Waals surface area contributed by atoms with Crippen LogP contribution in [-0.4, -0.2) is 39.0 Å². The zero-order chi connectivity index (χ0) is 67.6. The van der Waals surface area contributed by atoms with Crippen molar-refractivity contribution >= 4 is 75.1 Å². The van der Waals surface area contributed by atoms with Crippen LogP contribution in [0, 0.1) is 11.3 Å². The van der Waals surface area contributed by atoms with Crippen molar-refractivity contribution in [1.29, 1.82) is 5.26 Å². The second kappa shape index (κ2) is 25.1. The van der Waals surface area contributed by atoms with Crippen LogP contribution >= 0.6 is 11.3 Å². The monoisotopic (exact) mass is 1320 g/mol. The molecule has 0 atom stereocenters. The van der Waals surface area contributed by atoms with Gasteiger partial charge in [0.2, 0.25) is 0 Å². The topological polar surface area (TPSA) is 111 Å². The van der Waals surface area contributed by atoms with Crippen molar-refractivity contribution in [2.24, 2.45) is 0 Å². The van der Waals surface area contributed by atoms with Crippen LogP contribution in [0.3, 0.4) is 0 Å². The van der Waals surface area contributed by atoms with E-state index in [1.54, 1.807) is 0 Å². The molecule has 0 saturated heterocycles. The summed E-state index contributed by atoms with van der Waals surface area (Å²) in [6.07, 6.45) is 0.962. The van der Waals surface area contributed by atoms with Crippen molar-refractivity contribution in [3.05, 3.63) is 350 Å². The molecule has 0 amide bonds. The van der Waals surface area contributed by atoms with Gasteiger partial charge in [0.1, 0.15) is 0 Å². The van der Waals surface area contributed by atoms with Crippen molar-refractivity contribution in [3.8, 4) is 119 Å². The Hall–Kier alpha value is -13.6. The fourth-order valence-corrected chi connectivity index (χ4v) is 16.0. The molecule has 476 valence electrons. The zero-order valence-electron chi connectivity index (χ0n) is 54.9. The maximum absolute atomic E-state index is 9.91. The molecule has 9 nitrogen and oxygen atoms in total. The minimum atomic E-state index is 0.598. The van der Waals surface area contributed by atoms with E-state index >= 15 is 0 Å². The molecule has 1 aliphatic rings. The number of benzene rings is 14. The lowest BCUT2D eigenvalue weighted by atomic mass is 9.94. The van der Waals surface area contributed by atoms with Gasteiger partial charge in [-0.2, -0.15) is 5.26 Å². The Morgan fingerprint density at radius 3 is 1.24 bits per heavy atom. The Morgan fingerprint density at radius 1 is 0.275 bits per heavy atom. The van der Waals surface area contributed by atoms with E-state index in [1.165, 1.54) is 69.9 Å². The lowest BCUT2D eigenvalue weighted by Gasteiger charge is -2.12. The Morgan fingerprint density at radius 2 is 0.667 bits per heavy atom. The average molecular weight is 1320 g/mol. The van der Waals surface area contributed by atoms with Crippen LogP contribution in [0.2, 0.25) is 0 Å². The van der Waals surface area contributed by atoms with E-state index in [4.69, 9.17) is 29.9 Å². The number of nitriles is 1. The van der Waals surface area contributed by atoms with Gasteiger partial charge >= 0.3 is 0 Å². The summed E-state index contributed by atoms with van der Waals surface area (Å²) in [5, 5.41) is 17.0. The van der Waals surface area contributed by atoms with E-state index in [9.17, 15) is 5.26 Å². The summed E-state index contributed by atoms with van der Waals surface area (Å²) in [5.74, 6) is 3.79. The average Bonchev–Trinajstić information content (AvgIpc) is 1.59. The van der Waals surface area contributed by atoms with Gasteiger partial charge in [0.25, 0.3) is 0 Å². The molecule has 0 aliphatic heterocycles. The third-order valence-corrected chi connectivity index (χ3v) is 20.8. The smallest absolute Gasteiger partial charge is 0.164 e. The van der Waals surface area contributed by atoms with Gasteiger partial charge in [-0.15, -0.1) is 11.3 Å². The maximum atomic E-state index is 9.91. The van der Waals surface area contributed by atoms with Gasteiger partial charge in [-0.25, -0.2) is 29.9 Å². The summed E-state index contributed by atoms with van der Waals surface area (Å²) in [5.41, 5.74) is 23.0. The minimum Gasteiger partial charge on any atom is -0.309 e. The summed E-state index contributed by atoms with van der Waals surface area (Å²) in [6, 6.07) is 119. The second-order valence-electron chi connectivity index (χ2n) is 25.6. The maximum Gasteiger partial charge on any atom is 0.164 e. The molecule has 1 aliphatic carbocycles. The highest BCUT2D eigenvalue weighted by Gasteiger charge is 2.24. The SMILES string of the molecule is N#Cc1ccc2c(c1)c1cc(-c3cccc4c3sc3ccccc34)ccc1n2-c1cccc(-c2nc(-c3ccccc3)nc(-c3ccccc3)n2)c1.c1ccc(-c2nc(-c3ccccc3)nc(-c3cccc(-n4c5ccccc5c5cc(-c6cccc7c6Cc6ccccc6-7)ccc54)c3)n2)cc1. The predicted molar refractivity (Wildman–Crippen MR) is 418 cm³/mol. The van der Waals surface area contributed by atoms with Crippen LogP contribution in [0.4, 0.5) is 0 Å². The highest BCUT2D eigenvalue weighted by molar-refractivity contribution is 7.26. The van der Waals surface area contributed by atoms with E-state index in [0.717, 1.165) is 89.6 Å². The Kier molecular flexibility index (Phi) is 14.7. The number of hydrogen-bond donors (Lipinski definition) is 0. The highest BCUT2D eigenvalue weighted by atomic mass is 32.1. The van der Waals surface area contributed by atoms with Crippen LogP contribution in [0.1, 0.15) is 16.7 Å². The standard InChI is InChI=1S/C46H27N5S.C46H30N4/c47-28-29-21-23-40-38(25-29)39-27-32(35-18-10-19-37-36-17-7-8-20-42(36)52-43(35)37)22-24-41(39)51(40)34-16-9-15-33(26-34)46-49-44(30-11-3-1-4-12-30)48-45(50-46)31-13-5-2-6-14-31;1-3-13-30(14-4-1)44-47-45(31-15-5-2-6-16-31)49-46(48-44)34-18-11-19-35(27-34)50-42-24-10-9-21-39(42)41-29-33(25-26-43(41)50)37-22-12-23-38-36-20-8-7-17-32(36)28-40(37)38/h1-27H;1-27,29H,28H2. The summed E-state index contributed by atoms with van der Waals surface area (Å²) >= 11 is 1.83. The van der Waals surface area contributed by atoms with Crippen molar-refractivity contribution < 1.29 is 0 Å². The van der Waals surface area contributed by atoms with E-state index in [0.29, 0.717) is 40.5 Å². The number of thiophene rings is 1. The number of nitrogens with zero attached hydrogens (tertiary/aromatic N) is 9. The molecular weight excluding hydrogens is 1260 g/mol. The summed E-state index contributed by atoms with van der Waals surface area (Å²) in [7, 11) is 0. The lowest BCUT2D eigenvalue weighted by Crippen LogP contribution is -2.01. The largest absolute Gasteiger partial charge is 0.309 e. The molecule has 19 aromatic rings. The molecule has 5 heterocycles. The molecule has 102 heavy (non-hydrogen) atoms. The molecule has 20 rings (SSSR count). The van der Waals surface area contributed by atoms with Crippen LogP contribution in [-0.2, 0) is 6.42 Å². The molecule has 0 saturated carbocycles. The molecule has 0 unspecified atom stereocenters. The lowest BCUT2D eigenvalue weighted by molar-refractivity contribution is 1.07. The fraction of sp³-hybridized carbons (Fsp3) is 0.0109. The number of rotatable bonds is 10. The number of fused-ring (bicyclic) bond motifs is 12. The first-order valence-corrected chi connectivity index (χ1v) is 34.9. The predicted octanol–water partition coefficient (Wildman–Crippen LogP) is 23.1. The van der Waals surface area contributed by atoms with Crippen molar-refractivity contribution in [3.63, 3.8) is 0 Å². The molecule has 5 aromatic heterocycles. The van der Waals surface area contributed by atoms with Crippen LogP contribution in [0.5, 0.6) is 0 Å². The normalized spacial score (nSPS) is 11.7. The summed E-state index contributed by atoms with van der Waals surface area (Å²) < 4.78 is 7.20. The van der Waals surface area contributed by atoms with E-state index in [-0.39, 0.29) is 0 Å². The Balaban J connectivity index is 0.000000141. The van der Waals surface area contributed by atoms with Crippen LogP contribution in [0.15, 0.2) is 334 Å². The fourth-order valence-electron chi connectivity index (χ4n) is 14.8. The quantitative estimate of drug-likeness (QED) is 0.134. The third kappa shape index (κ3) is 10.6. The second-order valence-corrected chi connectivity index (χ2v) is 26.7. The molecular formula is C92H57N9S. The first-order chi connectivity index (χ1) is 50.5. The third-order valence-electron chi connectivity index (χ3n) is 19.6. The van der Waals surface area contributed by atoms with Gasteiger partial charge in [-0.1, -0.05) is 255 Å². The Labute approximate surface area is 591 Å². The van der Waals surface area contributed by atoms with Crippen molar-refractivity contribution in [1.82, 2.24) is 39.0 Å².